The van der Waals surface area contributed by atoms with E-state index in [1.54, 1.807) is 0 Å². The number of hydrogen-bond donors (Lipinski definition) is 1. The van der Waals surface area contributed by atoms with E-state index in [1.165, 1.54) is 0 Å². The van der Waals surface area contributed by atoms with Crippen molar-refractivity contribution in [3.63, 3.8) is 0 Å². The fraction of sp³-hybridized carbons (Fsp3) is 0.158. The molecule has 1 amide bonds. The first kappa shape index (κ1) is 15.0. The maximum atomic E-state index is 12.3. The van der Waals surface area contributed by atoms with Gasteiger partial charge in [-0.3, -0.25) is 4.79 Å². The van der Waals surface area contributed by atoms with Gasteiger partial charge in [-0.05, 0) is 68.8 Å². The van der Waals surface area contributed by atoms with E-state index >= 15 is 0 Å². The molecule has 0 saturated carbocycles. The molecule has 116 valence electrons. The number of rotatable bonds is 3. The Bertz CT molecular complexity index is 847. The molecule has 1 aromatic heterocycles. The highest BCUT2D eigenvalue weighted by atomic mass is 16.1. The summed E-state index contributed by atoms with van der Waals surface area (Å²) in [7, 11) is 0. The van der Waals surface area contributed by atoms with Crippen molar-refractivity contribution in [2.45, 2.75) is 20.8 Å². The number of aryl methyl sites for hydroxylation is 3. The minimum atomic E-state index is -0.115. The van der Waals surface area contributed by atoms with Gasteiger partial charge in [0.05, 0.1) is 11.4 Å². The summed E-state index contributed by atoms with van der Waals surface area (Å²) in [5.41, 5.74) is 5.53. The van der Waals surface area contributed by atoms with Crippen LogP contribution in [-0.4, -0.2) is 15.7 Å². The van der Waals surface area contributed by atoms with Crippen LogP contribution in [0, 0.1) is 20.8 Å². The van der Waals surface area contributed by atoms with Crippen LogP contribution in [0.4, 0.5) is 5.69 Å². The van der Waals surface area contributed by atoms with Gasteiger partial charge in [0.1, 0.15) is 0 Å². The molecule has 0 radical (unpaired) electrons. The summed E-state index contributed by atoms with van der Waals surface area (Å²) in [5, 5.41) is 7.36. The molecule has 1 heterocycles. The van der Waals surface area contributed by atoms with E-state index in [2.05, 4.69) is 10.4 Å². The van der Waals surface area contributed by atoms with Gasteiger partial charge in [0.15, 0.2) is 0 Å². The van der Waals surface area contributed by atoms with Crippen LogP contribution in [-0.2, 0) is 0 Å². The van der Waals surface area contributed by atoms with Gasteiger partial charge in [0.25, 0.3) is 5.91 Å². The van der Waals surface area contributed by atoms with Crippen molar-refractivity contribution in [1.29, 1.82) is 0 Å². The molecular formula is C19H19N3O. The van der Waals surface area contributed by atoms with E-state index in [0.29, 0.717) is 5.56 Å². The Morgan fingerprint density at radius 2 is 1.74 bits per heavy atom. The van der Waals surface area contributed by atoms with Gasteiger partial charge in [-0.25, -0.2) is 4.68 Å². The summed E-state index contributed by atoms with van der Waals surface area (Å²) in [5.74, 6) is -0.115. The first-order valence-electron chi connectivity index (χ1n) is 7.55. The summed E-state index contributed by atoms with van der Waals surface area (Å²) in [6, 6.07) is 17.2. The summed E-state index contributed by atoms with van der Waals surface area (Å²) < 4.78 is 1.87. The van der Waals surface area contributed by atoms with Crippen molar-refractivity contribution >= 4 is 11.6 Å². The topological polar surface area (TPSA) is 46.9 Å². The molecule has 0 atom stereocenters. The van der Waals surface area contributed by atoms with E-state index in [1.807, 2.05) is 80.1 Å². The van der Waals surface area contributed by atoms with Gasteiger partial charge < -0.3 is 5.32 Å². The maximum Gasteiger partial charge on any atom is 0.255 e. The Labute approximate surface area is 135 Å². The third kappa shape index (κ3) is 3.31. The maximum absolute atomic E-state index is 12.3. The smallest absolute Gasteiger partial charge is 0.255 e. The lowest BCUT2D eigenvalue weighted by Crippen LogP contribution is -2.12. The molecule has 4 heteroatoms. The minimum Gasteiger partial charge on any atom is -0.322 e. The highest BCUT2D eigenvalue weighted by Crippen LogP contribution is 2.15. The van der Waals surface area contributed by atoms with Gasteiger partial charge in [-0.1, -0.05) is 12.1 Å². The Hall–Kier alpha value is -2.88. The summed E-state index contributed by atoms with van der Waals surface area (Å²) in [4.78, 5) is 12.3. The molecule has 4 nitrogen and oxygen atoms in total. The second kappa shape index (κ2) is 6.08. The third-order valence-electron chi connectivity index (χ3n) is 3.66. The number of benzene rings is 2. The van der Waals surface area contributed by atoms with E-state index in [4.69, 9.17) is 0 Å². The zero-order chi connectivity index (χ0) is 16.4. The molecule has 0 fully saturated rings. The van der Waals surface area contributed by atoms with E-state index in [-0.39, 0.29) is 5.91 Å². The average molecular weight is 305 g/mol. The monoisotopic (exact) mass is 305 g/mol. The third-order valence-corrected chi connectivity index (χ3v) is 3.66. The second-order valence-electron chi connectivity index (χ2n) is 5.71. The number of nitrogens with one attached hydrogen (secondary N) is 1. The zero-order valence-corrected chi connectivity index (χ0v) is 13.5. The van der Waals surface area contributed by atoms with E-state index in [9.17, 15) is 4.79 Å². The van der Waals surface area contributed by atoms with Crippen LogP contribution < -0.4 is 5.32 Å². The van der Waals surface area contributed by atoms with Crippen molar-refractivity contribution in [3.05, 3.63) is 77.1 Å². The summed E-state index contributed by atoms with van der Waals surface area (Å²) >= 11 is 0. The molecule has 2 aromatic carbocycles. The SMILES string of the molecule is Cc1cccc(NC(=O)c2ccc(-n3nc(C)cc3C)cc2)c1. The van der Waals surface area contributed by atoms with Crippen LogP contribution >= 0.6 is 0 Å². The first-order chi connectivity index (χ1) is 11.0. The van der Waals surface area contributed by atoms with Crippen LogP contribution in [0.1, 0.15) is 27.3 Å². The van der Waals surface area contributed by atoms with Crippen molar-refractivity contribution in [2.24, 2.45) is 0 Å². The van der Waals surface area contributed by atoms with E-state index in [0.717, 1.165) is 28.3 Å². The fourth-order valence-electron chi connectivity index (χ4n) is 2.57. The lowest BCUT2D eigenvalue weighted by molar-refractivity contribution is 0.102. The zero-order valence-electron chi connectivity index (χ0n) is 13.5. The molecule has 0 spiro atoms. The first-order valence-corrected chi connectivity index (χ1v) is 7.55. The average Bonchev–Trinajstić information content (AvgIpc) is 2.86. The molecule has 0 unspecified atom stereocenters. The molecule has 3 rings (SSSR count). The number of hydrogen-bond acceptors (Lipinski definition) is 2. The van der Waals surface area contributed by atoms with Gasteiger partial charge in [0.2, 0.25) is 0 Å². The summed E-state index contributed by atoms with van der Waals surface area (Å²) in [6.07, 6.45) is 0. The quantitative estimate of drug-likeness (QED) is 0.793. The fourth-order valence-corrected chi connectivity index (χ4v) is 2.57. The normalized spacial score (nSPS) is 10.6. The number of carbonyl (C=O) groups is 1. The molecular weight excluding hydrogens is 286 g/mol. The van der Waals surface area contributed by atoms with Gasteiger partial charge in [-0.15, -0.1) is 0 Å². The van der Waals surface area contributed by atoms with Crippen molar-refractivity contribution in [1.82, 2.24) is 9.78 Å². The number of amides is 1. The minimum absolute atomic E-state index is 0.115. The standard InChI is InChI=1S/C19H19N3O/c1-13-5-4-6-17(11-13)20-19(23)16-7-9-18(10-8-16)22-15(3)12-14(2)21-22/h4-12H,1-3H3,(H,20,23). The van der Waals surface area contributed by atoms with Crippen LogP contribution in [0.3, 0.4) is 0 Å². The van der Waals surface area contributed by atoms with Gasteiger partial charge >= 0.3 is 0 Å². The lowest BCUT2D eigenvalue weighted by atomic mass is 10.1. The van der Waals surface area contributed by atoms with Crippen molar-refractivity contribution in [3.8, 4) is 5.69 Å². The second-order valence-corrected chi connectivity index (χ2v) is 5.71. The van der Waals surface area contributed by atoms with Gasteiger partial charge in [-0.2, -0.15) is 5.10 Å². The Balaban J connectivity index is 1.79. The van der Waals surface area contributed by atoms with Crippen molar-refractivity contribution in [2.75, 3.05) is 5.32 Å². The molecule has 23 heavy (non-hydrogen) atoms. The Morgan fingerprint density at radius 3 is 2.35 bits per heavy atom. The Kier molecular flexibility index (Phi) is 3.98. The number of nitrogens with zero attached hydrogens (tertiary/aromatic N) is 2. The molecule has 0 aliphatic carbocycles. The van der Waals surface area contributed by atoms with Crippen LogP contribution in [0.5, 0.6) is 0 Å². The van der Waals surface area contributed by atoms with Crippen LogP contribution in [0.2, 0.25) is 0 Å². The molecule has 3 aromatic rings. The molecule has 0 bridgehead atoms. The number of aromatic nitrogens is 2. The van der Waals surface area contributed by atoms with Gasteiger partial charge in [0, 0.05) is 16.9 Å². The van der Waals surface area contributed by atoms with Crippen LogP contribution in [0.25, 0.3) is 5.69 Å². The molecule has 0 aliphatic rings. The molecule has 1 N–H and O–H groups in total. The molecule has 0 aliphatic heterocycles. The number of anilines is 1. The van der Waals surface area contributed by atoms with E-state index < -0.39 is 0 Å². The lowest BCUT2D eigenvalue weighted by Gasteiger charge is -2.08. The largest absolute Gasteiger partial charge is 0.322 e. The highest BCUT2D eigenvalue weighted by Gasteiger charge is 2.08. The van der Waals surface area contributed by atoms with Crippen molar-refractivity contribution < 1.29 is 4.79 Å². The summed E-state index contributed by atoms with van der Waals surface area (Å²) in [6.45, 7) is 5.98. The Morgan fingerprint density at radius 1 is 1.00 bits per heavy atom. The predicted molar refractivity (Wildman–Crippen MR) is 92.2 cm³/mol. The highest BCUT2D eigenvalue weighted by molar-refractivity contribution is 6.04. The predicted octanol–water partition coefficient (Wildman–Crippen LogP) is 4.05. The van der Waals surface area contributed by atoms with Crippen LogP contribution in [0.15, 0.2) is 54.6 Å². The number of carbonyl (C=O) groups excluding carboxylic acids is 1. The molecule has 0 saturated heterocycles.